The summed E-state index contributed by atoms with van der Waals surface area (Å²) in [4.78, 5) is 13.3. The Morgan fingerprint density at radius 1 is 0.829 bits per heavy atom. The van der Waals surface area contributed by atoms with E-state index in [2.05, 4.69) is 43.7 Å². The molecule has 0 aromatic heterocycles. The van der Waals surface area contributed by atoms with E-state index < -0.39 is 0 Å². The minimum atomic E-state index is 0.0155. The van der Waals surface area contributed by atoms with Crippen molar-refractivity contribution in [3.63, 3.8) is 0 Å². The van der Waals surface area contributed by atoms with Crippen LogP contribution in [0.15, 0.2) is 44.4 Å². The Balaban J connectivity index is 1.92. The fourth-order valence-corrected chi connectivity index (χ4v) is 4.88. The fourth-order valence-electron chi connectivity index (χ4n) is 3.73. The van der Waals surface area contributed by atoms with Gasteiger partial charge in [-0.15, -0.1) is 12.8 Å². The molecule has 7 heteroatoms. The summed E-state index contributed by atoms with van der Waals surface area (Å²) in [5.41, 5.74) is 3.11. The molecule has 0 heterocycles. The molecule has 0 bridgehead atoms. The van der Waals surface area contributed by atoms with Gasteiger partial charge in [0.15, 0.2) is 28.8 Å². The molecule has 2 aromatic carbocycles. The van der Waals surface area contributed by atoms with E-state index in [-0.39, 0.29) is 19.0 Å². The van der Waals surface area contributed by atoms with E-state index in [0.717, 1.165) is 28.7 Å². The average Bonchev–Trinajstić information content (AvgIpc) is 2.84. The Morgan fingerprint density at radius 3 is 1.63 bits per heavy atom. The molecular weight excluding hydrogens is 576 g/mol. The van der Waals surface area contributed by atoms with E-state index in [1.54, 1.807) is 14.2 Å². The molecule has 2 aromatic rings. The highest BCUT2D eigenvalue weighted by atomic mass is 79.9. The molecule has 0 spiro atoms. The molecule has 0 radical (unpaired) electrons. The summed E-state index contributed by atoms with van der Waals surface area (Å²) in [6.45, 7) is 0.250. The van der Waals surface area contributed by atoms with Gasteiger partial charge in [0.25, 0.3) is 0 Å². The lowest BCUT2D eigenvalue weighted by Crippen LogP contribution is -2.12. The van der Waals surface area contributed by atoms with Gasteiger partial charge in [0.2, 0.25) is 0 Å². The van der Waals surface area contributed by atoms with Gasteiger partial charge in [-0.05, 0) is 98.7 Å². The number of methoxy groups -OCH3 is 2. The van der Waals surface area contributed by atoms with Crippen LogP contribution in [0.25, 0.3) is 12.2 Å². The number of hydrogen-bond acceptors (Lipinski definition) is 5. The standard InChI is InChI=1S/C28H24Br2O5/c1-5-10-34-27-22(29)14-18(16-24(27)32-3)12-20-8-7-9-21(26(20)31)13-19-15-23(30)28(35-11-6-2)25(17-19)33-4/h1-2,12-17H,7-11H2,3-4H3. The molecule has 1 saturated carbocycles. The van der Waals surface area contributed by atoms with Crippen LogP contribution in [0, 0.1) is 24.7 Å². The van der Waals surface area contributed by atoms with Gasteiger partial charge in [0, 0.05) is 11.1 Å². The van der Waals surface area contributed by atoms with Gasteiger partial charge < -0.3 is 18.9 Å². The summed E-state index contributed by atoms with van der Waals surface area (Å²) in [7, 11) is 3.12. The highest BCUT2D eigenvalue weighted by Gasteiger charge is 2.22. The molecule has 1 aliphatic rings. The van der Waals surface area contributed by atoms with Gasteiger partial charge in [-0.25, -0.2) is 0 Å². The predicted molar refractivity (Wildman–Crippen MR) is 145 cm³/mol. The van der Waals surface area contributed by atoms with Crippen LogP contribution >= 0.6 is 31.9 Å². The van der Waals surface area contributed by atoms with Gasteiger partial charge in [-0.3, -0.25) is 4.79 Å². The first kappa shape index (κ1) is 26.5. The molecule has 0 atom stereocenters. The van der Waals surface area contributed by atoms with Crippen LogP contribution in [0.2, 0.25) is 0 Å². The van der Waals surface area contributed by atoms with Crippen LogP contribution in [0.3, 0.4) is 0 Å². The molecule has 0 amide bonds. The van der Waals surface area contributed by atoms with Crippen LogP contribution < -0.4 is 18.9 Å². The van der Waals surface area contributed by atoms with Gasteiger partial charge in [0.1, 0.15) is 13.2 Å². The van der Waals surface area contributed by atoms with E-state index in [0.29, 0.717) is 44.8 Å². The van der Waals surface area contributed by atoms with Crippen LogP contribution in [0.5, 0.6) is 23.0 Å². The number of ether oxygens (including phenoxy) is 4. The zero-order valence-corrected chi connectivity index (χ0v) is 22.6. The summed E-state index contributed by atoms with van der Waals surface area (Å²) < 4.78 is 23.5. The van der Waals surface area contributed by atoms with Crippen molar-refractivity contribution in [2.75, 3.05) is 27.4 Å². The molecule has 35 heavy (non-hydrogen) atoms. The second-order valence-electron chi connectivity index (χ2n) is 7.58. The quantitative estimate of drug-likeness (QED) is 0.257. The van der Waals surface area contributed by atoms with Crippen LogP contribution in [-0.2, 0) is 4.79 Å². The van der Waals surface area contributed by atoms with E-state index in [4.69, 9.17) is 31.8 Å². The Labute approximate surface area is 222 Å². The third-order valence-electron chi connectivity index (χ3n) is 5.26. The smallest absolute Gasteiger partial charge is 0.185 e. The van der Waals surface area contributed by atoms with Crippen molar-refractivity contribution >= 4 is 49.8 Å². The lowest BCUT2D eigenvalue weighted by molar-refractivity contribution is -0.112. The minimum Gasteiger partial charge on any atom is -0.493 e. The van der Waals surface area contributed by atoms with Gasteiger partial charge >= 0.3 is 0 Å². The topological polar surface area (TPSA) is 54.0 Å². The largest absolute Gasteiger partial charge is 0.493 e. The lowest BCUT2D eigenvalue weighted by atomic mass is 9.87. The number of allylic oxidation sites excluding steroid dienone is 2. The number of carbonyl (C=O) groups is 1. The number of hydrogen-bond donors (Lipinski definition) is 0. The Hall–Kier alpha value is -3.13. The maximum atomic E-state index is 13.3. The summed E-state index contributed by atoms with van der Waals surface area (Å²) in [5, 5.41) is 0. The number of ketones is 1. The third kappa shape index (κ3) is 6.51. The number of terminal acetylenes is 2. The number of benzene rings is 2. The highest BCUT2D eigenvalue weighted by Crippen LogP contribution is 2.39. The molecule has 0 unspecified atom stereocenters. The average molecular weight is 600 g/mol. The highest BCUT2D eigenvalue weighted by molar-refractivity contribution is 9.11. The van der Waals surface area contributed by atoms with Crippen molar-refractivity contribution in [2.45, 2.75) is 19.3 Å². The first-order valence-corrected chi connectivity index (χ1v) is 12.3. The van der Waals surface area contributed by atoms with Gasteiger partial charge in [-0.1, -0.05) is 11.8 Å². The number of carbonyl (C=O) groups excluding carboxylic acids is 1. The maximum Gasteiger partial charge on any atom is 0.185 e. The maximum absolute atomic E-state index is 13.3. The Kier molecular flexibility index (Phi) is 9.48. The first-order chi connectivity index (χ1) is 16.9. The molecule has 1 aliphatic carbocycles. The summed E-state index contributed by atoms with van der Waals surface area (Å²) in [6, 6.07) is 7.41. The van der Waals surface area contributed by atoms with Crippen LogP contribution in [0.4, 0.5) is 0 Å². The molecule has 0 N–H and O–H groups in total. The fraction of sp³-hybridized carbons (Fsp3) is 0.250. The van der Waals surface area contributed by atoms with E-state index in [1.807, 2.05) is 36.4 Å². The molecule has 0 saturated heterocycles. The molecule has 1 fully saturated rings. The first-order valence-electron chi connectivity index (χ1n) is 10.7. The molecule has 180 valence electrons. The molecule has 5 nitrogen and oxygen atoms in total. The summed E-state index contributed by atoms with van der Waals surface area (Å²) in [6.07, 6.45) is 16.6. The van der Waals surface area contributed by atoms with Crippen LogP contribution in [-0.4, -0.2) is 33.2 Å². The number of halogens is 2. The molecule has 3 rings (SSSR count). The van der Waals surface area contributed by atoms with Crippen molar-refractivity contribution < 1.29 is 23.7 Å². The monoisotopic (exact) mass is 598 g/mol. The van der Waals surface area contributed by atoms with Crippen molar-refractivity contribution in [1.29, 1.82) is 0 Å². The van der Waals surface area contributed by atoms with Crippen molar-refractivity contribution in [1.82, 2.24) is 0 Å². The number of Topliss-reactive ketones (excluding diaryl/α,β-unsaturated/α-hetero) is 1. The zero-order chi connectivity index (χ0) is 25.4. The van der Waals surface area contributed by atoms with Gasteiger partial charge in [-0.2, -0.15) is 0 Å². The van der Waals surface area contributed by atoms with Crippen molar-refractivity contribution in [3.8, 4) is 47.7 Å². The number of rotatable bonds is 8. The summed E-state index contributed by atoms with van der Waals surface area (Å²) in [5.74, 6) is 7.01. The molecular formula is C28H24Br2O5. The predicted octanol–water partition coefficient (Wildman–Crippen LogP) is 6.47. The van der Waals surface area contributed by atoms with Crippen molar-refractivity contribution in [2.24, 2.45) is 0 Å². The van der Waals surface area contributed by atoms with Crippen LogP contribution in [0.1, 0.15) is 30.4 Å². The second kappa shape index (κ2) is 12.5. The Bertz CT molecular complexity index is 1170. The van der Waals surface area contributed by atoms with Crippen molar-refractivity contribution in [3.05, 3.63) is 55.5 Å². The zero-order valence-electron chi connectivity index (χ0n) is 19.5. The third-order valence-corrected chi connectivity index (χ3v) is 6.44. The minimum absolute atomic E-state index is 0.0155. The summed E-state index contributed by atoms with van der Waals surface area (Å²) >= 11 is 7.02. The van der Waals surface area contributed by atoms with E-state index in [9.17, 15) is 4.79 Å². The Morgan fingerprint density at radius 2 is 1.26 bits per heavy atom. The molecule has 0 aliphatic heterocycles. The van der Waals surface area contributed by atoms with E-state index in [1.165, 1.54) is 0 Å². The van der Waals surface area contributed by atoms with E-state index >= 15 is 0 Å². The normalized spacial score (nSPS) is 15.4. The lowest BCUT2D eigenvalue weighted by Gasteiger charge is -2.18. The second-order valence-corrected chi connectivity index (χ2v) is 9.28. The van der Waals surface area contributed by atoms with Gasteiger partial charge in [0.05, 0.1) is 23.2 Å². The SMILES string of the molecule is C#CCOc1c(Br)cc(C=C2CCCC(=Cc3cc(Br)c(OCC#C)c(OC)c3)C2=O)cc1OC.